The van der Waals surface area contributed by atoms with Gasteiger partial charge in [0.05, 0.1) is 5.60 Å². The lowest BCUT2D eigenvalue weighted by molar-refractivity contribution is 0.106. The Morgan fingerprint density at radius 3 is 2.65 bits per heavy atom. The molecule has 90 valence electrons. The van der Waals surface area contributed by atoms with E-state index in [2.05, 4.69) is 15.2 Å². The molecule has 0 aliphatic heterocycles. The van der Waals surface area contributed by atoms with Crippen LogP contribution in [-0.4, -0.2) is 31.6 Å². The molecule has 2 heterocycles. The highest BCUT2D eigenvalue weighted by Gasteiger charge is 2.16. The van der Waals surface area contributed by atoms with Crippen molar-refractivity contribution in [3.63, 3.8) is 0 Å². The smallest absolute Gasteiger partial charge is 0.276 e. The van der Waals surface area contributed by atoms with Crippen LogP contribution < -0.4 is 0 Å². The maximum atomic E-state index is 9.58. The van der Waals surface area contributed by atoms with Gasteiger partial charge in [0, 0.05) is 23.7 Å². The molecule has 0 aliphatic carbocycles. The number of nitrogens with zero attached hydrogens (tertiary/aromatic N) is 3. The van der Waals surface area contributed by atoms with Gasteiger partial charge in [-0.3, -0.25) is 4.98 Å². The molecule has 0 saturated carbocycles. The van der Waals surface area contributed by atoms with Gasteiger partial charge in [0.25, 0.3) is 5.22 Å². The molecule has 2 aromatic rings. The zero-order chi connectivity index (χ0) is 12.3. The lowest BCUT2D eigenvalue weighted by atomic mass is 10.2. The summed E-state index contributed by atoms with van der Waals surface area (Å²) in [5.74, 6) is 0.969. The number of aromatic nitrogens is 3. The van der Waals surface area contributed by atoms with Crippen LogP contribution in [0.3, 0.4) is 0 Å². The average molecular weight is 251 g/mol. The predicted octanol–water partition coefficient (Wildman–Crippen LogP) is 1.99. The SMILES string of the molecule is CC(C)(O)CSc1nnc(-c2ccncc2)o1. The molecule has 0 unspecified atom stereocenters. The molecule has 1 N–H and O–H groups in total. The van der Waals surface area contributed by atoms with Gasteiger partial charge in [0.2, 0.25) is 5.89 Å². The molecular weight excluding hydrogens is 238 g/mol. The van der Waals surface area contributed by atoms with Gasteiger partial charge < -0.3 is 9.52 Å². The molecule has 2 rings (SSSR count). The number of rotatable bonds is 4. The van der Waals surface area contributed by atoms with Crippen LogP contribution in [0.15, 0.2) is 34.2 Å². The molecule has 0 radical (unpaired) electrons. The van der Waals surface area contributed by atoms with Crippen LogP contribution in [0, 0.1) is 0 Å². The molecule has 0 fully saturated rings. The maximum absolute atomic E-state index is 9.58. The molecular formula is C11H13N3O2S. The number of hydrogen-bond donors (Lipinski definition) is 1. The lowest BCUT2D eigenvalue weighted by Crippen LogP contribution is -2.21. The molecule has 0 atom stereocenters. The largest absolute Gasteiger partial charge is 0.411 e. The zero-order valence-corrected chi connectivity index (χ0v) is 10.4. The van der Waals surface area contributed by atoms with Crippen LogP contribution >= 0.6 is 11.8 Å². The topological polar surface area (TPSA) is 72.0 Å². The summed E-state index contributed by atoms with van der Waals surface area (Å²) in [5.41, 5.74) is 0.0817. The predicted molar refractivity (Wildman–Crippen MR) is 64.6 cm³/mol. The van der Waals surface area contributed by atoms with Crippen molar-refractivity contribution < 1.29 is 9.52 Å². The molecule has 0 aromatic carbocycles. The van der Waals surface area contributed by atoms with Crippen LogP contribution in [0.1, 0.15) is 13.8 Å². The van der Waals surface area contributed by atoms with Crippen molar-refractivity contribution in [3.8, 4) is 11.5 Å². The third-order valence-electron chi connectivity index (χ3n) is 1.88. The molecule has 6 heteroatoms. The van der Waals surface area contributed by atoms with E-state index in [1.54, 1.807) is 38.4 Å². The van der Waals surface area contributed by atoms with Gasteiger partial charge in [-0.1, -0.05) is 11.8 Å². The highest BCUT2D eigenvalue weighted by molar-refractivity contribution is 7.99. The monoisotopic (exact) mass is 251 g/mol. The highest BCUT2D eigenvalue weighted by atomic mass is 32.2. The first-order chi connectivity index (χ1) is 8.04. The second kappa shape index (κ2) is 4.85. The number of aliphatic hydroxyl groups is 1. The summed E-state index contributed by atoms with van der Waals surface area (Å²) >= 11 is 1.34. The first kappa shape index (κ1) is 12.1. The summed E-state index contributed by atoms with van der Waals surface area (Å²) < 4.78 is 5.47. The Morgan fingerprint density at radius 2 is 2.00 bits per heavy atom. The average Bonchev–Trinajstić information content (AvgIpc) is 2.75. The molecule has 17 heavy (non-hydrogen) atoms. The number of pyridine rings is 1. The van der Waals surface area contributed by atoms with E-state index < -0.39 is 5.60 Å². The lowest BCUT2D eigenvalue weighted by Gasteiger charge is -2.13. The van der Waals surface area contributed by atoms with Gasteiger partial charge in [0.15, 0.2) is 0 Å². The van der Waals surface area contributed by atoms with E-state index >= 15 is 0 Å². The minimum absolute atomic E-state index is 0.457. The summed E-state index contributed by atoms with van der Waals surface area (Å²) in [6, 6.07) is 3.61. The van der Waals surface area contributed by atoms with Gasteiger partial charge >= 0.3 is 0 Å². The Bertz CT molecular complexity index is 479. The van der Waals surface area contributed by atoms with Crippen molar-refractivity contribution >= 4 is 11.8 Å². The van der Waals surface area contributed by atoms with Crippen LogP contribution in [-0.2, 0) is 0 Å². The fraction of sp³-hybridized carbons (Fsp3) is 0.364. The van der Waals surface area contributed by atoms with Crippen molar-refractivity contribution in [3.05, 3.63) is 24.5 Å². The third-order valence-corrected chi connectivity index (χ3v) is 3.15. The van der Waals surface area contributed by atoms with E-state index in [4.69, 9.17) is 4.42 Å². The van der Waals surface area contributed by atoms with E-state index in [1.807, 2.05) is 0 Å². The Morgan fingerprint density at radius 1 is 1.29 bits per heavy atom. The second-order valence-corrected chi connectivity index (χ2v) is 5.14. The highest BCUT2D eigenvalue weighted by Crippen LogP contribution is 2.24. The van der Waals surface area contributed by atoms with E-state index in [0.29, 0.717) is 16.9 Å². The maximum Gasteiger partial charge on any atom is 0.276 e. The standard InChI is InChI=1S/C11H13N3O2S/c1-11(2,15)7-17-10-14-13-9(16-10)8-3-5-12-6-4-8/h3-6,15H,7H2,1-2H3. The van der Waals surface area contributed by atoms with E-state index in [1.165, 1.54) is 11.8 Å². The fourth-order valence-corrected chi connectivity index (χ4v) is 1.83. The van der Waals surface area contributed by atoms with Gasteiger partial charge in [0.1, 0.15) is 0 Å². The number of thioether (sulfide) groups is 1. The summed E-state index contributed by atoms with van der Waals surface area (Å²) in [4.78, 5) is 3.92. The quantitative estimate of drug-likeness (QED) is 0.838. The molecule has 0 amide bonds. The van der Waals surface area contributed by atoms with Crippen molar-refractivity contribution in [2.45, 2.75) is 24.7 Å². The van der Waals surface area contributed by atoms with Crippen molar-refractivity contribution in [1.29, 1.82) is 0 Å². The second-order valence-electron chi connectivity index (χ2n) is 4.21. The fourth-order valence-electron chi connectivity index (χ4n) is 1.12. The summed E-state index contributed by atoms with van der Waals surface area (Å²) in [6.07, 6.45) is 3.34. The Labute approximate surface area is 103 Å². The van der Waals surface area contributed by atoms with Gasteiger partial charge in [-0.05, 0) is 26.0 Å². The third kappa shape index (κ3) is 3.54. The molecule has 0 spiro atoms. The van der Waals surface area contributed by atoms with E-state index in [9.17, 15) is 5.11 Å². The Balaban J connectivity index is 2.07. The van der Waals surface area contributed by atoms with Crippen LogP contribution in [0.2, 0.25) is 0 Å². The number of hydrogen-bond acceptors (Lipinski definition) is 6. The van der Waals surface area contributed by atoms with Gasteiger partial charge in [-0.25, -0.2) is 0 Å². The summed E-state index contributed by atoms with van der Waals surface area (Å²) in [7, 11) is 0. The van der Waals surface area contributed by atoms with Crippen molar-refractivity contribution in [1.82, 2.24) is 15.2 Å². The molecule has 0 saturated heterocycles. The summed E-state index contributed by atoms with van der Waals surface area (Å²) in [6.45, 7) is 3.47. The van der Waals surface area contributed by atoms with Gasteiger partial charge in [-0.2, -0.15) is 0 Å². The normalized spacial score (nSPS) is 11.7. The minimum atomic E-state index is -0.754. The first-order valence-corrected chi connectivity index (χ1v) is 6.12. The minimum Gasteiger partial charge on any atom is -0.411 e. The van der Waals surface area contributed by atoms with Crippen LogP contribution in [0.25, 0.3) is 11.5 Å². The molecule has 0 aliphatic rings. The Kier molecular flexibility index (Phi) is 3.44. The molecule has 5 nitrogen and oxygen atoms in total. The van der Waals surface area contributed by atoms with E-state index in [-0.39, 0.29) is 0 Å². The van der Waals surface area contributed by atoms with Gasteiger partial charge in [-0.15, -0.1) is 10.2 Å². The molecule has 0 bridgehead atoms. The van der Waals surface area contributed by atoms with Crippen molar-refractivity contribution in [2.24, 2.45) is 0 Å². The zero-order valence-electron chi connectivity index (χ0n) is 9.62. The van der Waals surface area contributed by atoms with Crippen LogP contribution in [0.5, 0.6) is 0 Å². The Hall–Kier alpha value is -1.40. The van der Waals surface area contributed by atoms with Crippen molar-refractivity contribution in [2.75, 3.05) is 5.75 Å². The summed E-state index contributed by atoms with van der Waals surface area (Å²) in [5, 5.41) is 17.9. The van der Waals surface area contributed by atoms with Crippen LogP contribution in [0.4, 0.5) is 0 Å². The van der Waals surface area contributed by atoms with E-state index in [0.717, 1.165) is 5.56 Å². The first-order valence-electron chi connectivity index (χ1n) is 5.14. The molecule has 2 aromatic heterocycles.